The van der Waals surface area contributed by atoms with E-state index in [0.29, 0.717) is 17.1 Å². The van der Waals surface area contributed by atoms with Crippen LogP contribution in [0.4, 0.5) is 5.69 Å². The second-order valence-corrected chi connectivity index (χ2v) is 13.5. The normalized spacial score (nSPS) is 12.2. The fraction of sp³-hybridized carbons (Fsp3) is 0.310. The van der Waals surface area contributed by atoms with Crippen LogP contribution in [0, 0.1) is 12.8 Å². The lowest BCUT2D eigenvalue weighted by Gasteiger charge is -2.32. The number of anilines is 1. The largest absolute Gasteiger partial charge is 0.354 e. The number of halogens is 4. The monoisotopic (exact) mass is 657 g/mol. The van der Waals surface area contributed by atoms with E-state index < -0.39 is 28.5 Å². The number of nitrogens with one attached hydrogen (secondary N) is 1. The van der Waals surface area contributed by atoms with Crippen molar-refractivity contribution < 1.29 is 18.0 Å². The Kier molecular flexibility index (Phi) is 11.4. The molecule has 0 fully saturated rings. The first-order valence-electron chi connectivity index (χ1n) is 12.8. The van der Waals surface area contributed by atoms with Crippen LogP contribution in [-0.4, -0.2) is 44.3 Å². The average molecular weight is 659 g/mol. The standard InChI is InChI=1S/C29H31Cl4N3O4S/c1-18(2)15-34-29(38)20(4)35(16-21-7-11-24(31)26(33)13-21)28(37)17-36(27-14-22(30)8-12-25(27)32)41(39,40)23-9-5-19(3)6-10-23/h5-14,18,20H,15-17H2,1-4H3,(H,34,38)/t20-/m1/s1. The minimum atomic E-state index is -4.29. The Bertz CT molecular complexity index is 1510. The molecule has 7 nitrogen and oxygen atoms in total. The molecule has 0 radical (unpaired) electrons. The van der Waals surface area contributed by atoms with E-state index in [4.69, 9.17) is 46.4 Å². The van der Waals surface area contributed by atoms with Crippen LogP contribution in [0.3, 0.4) is 0 Å². The van der Waals surface area contributed by atoms with E-state index >= 15 is 0 Å². The van der Waals surface area contributed by atoms with Gasteiger partial charge in [-0.05, 0) is 67.8 Å². The zero-order valence-electron chi connectivity index (χ0n) is 23.0. The Labute approximate surface area is 261 Å². The summed E-state index contributed by atoms with van der Waals surface area (Å²) in [6, 6.07) is 14.5. The van der Waals surface area contributed by atoms with Gasteiger partial charge in [0.1, 0.15) is 12.6 Å². The van der Waals surface area contributed by atoms with Crippen molar-refractivity contribution >= 4 is 73.9 Å². The van der Waals surface area contributed by atoms with E-state index in [0.717, 1.165) is 9.87 Å². The van der Waals surface area contributed by atoms with Gasteiger partial charge in [-0.2, -0.15) is 0 Å². The second-order valence-electron chi connectivity index (χ2n) is 10.0. The van der Waals surface area contributed by atoms with Crippen LogP contribution >= 0.6 is 46.4 Å². The summed E-state index contributed by atoms with van der Waals surface area (Å²) in [4.78, 5) is 28.3. The maximum Gasteiger partial charge on any atom is 0.264 e. The quantitative estimate of drug-likeness (QED) is 0.241. The van der Waals surface area contributed by atoms with Crippen molar-refractivity contribution in [2.24, 2.45) is 5.92 Å². The van der Waals surface area contributed by atoms with Gasteiger partial charge in [0.05, 0.1) is 25.7 Å². The summed E-state index contributed by atoms with van der Waals surface area (Å²) in [7, 11) is -4.29. The second kappa shape index (κ2) is 14.1. The smallest absolute Gasteiger partial charge is 0.264 e. The minimum absolute atomic E-state index is 0.0273. The molecule has 3 aromatic carbocycles. The fourth-order valence-electron chi connectivity index (χ4n) is 3.90. The molecule has 0 aliphatic carbocycles. The number of hydrogen-bond donors (Lipinski definition) is 1. The summed E-state index contributed by atoms with van der Waals surface area (Å²) in [6.07, 6.45) is 0. The Morgan fingerprint density at radius 1 is 0.854 bits per heavy atom. The Morgan fingerprint density at radius 2 is 1.49 bits per heavy atom. The van der Waals surface area contributed by atoms with E-state index in [-0.39, 0.29) is 44.0 Å². The molecule has 0 spiro atoms. The van der Waals surface area contributed by atoms with Gasteiger partial charge in [0.15, 0.2) is 0 Å². The fourth-order valence-corrected chi connectivity index (χ4v) is 6.08. The van der Waals surface area contributed by atoms with Gasteiger partial charge in [-0.3, -0.25) is 13.9 Å². The molecule has 0 saturated heterocycles. The van der Waals surface area contributed by atoms with E-state index in [9.17, 15) is 18.0 Å². The maximum absolute atomic E-state index is 14.0. The molecule has 220 valence electrons. The molecule has 1 N–H and O–H groups in total. The minimum Gasteiger partial charge on any atom is -0.354 e. The summed E-state index contributed by atoms with van der Waals surface area (Å²) in [5.74, 6) is -0.846. The number of benzene rings is 3. The molecule has 41 heavy (non-hydrogen) atoms. The topological polar surface area (TPSA) is 86.8 Å². The molecule has 0 saturated carbocycles. The summed E-state index contributed by atoms with van der Waals surface area (Å²) in [6.45, 7) is 7.03. The highest BCUT2D eigenvalue weighted by Gasteiger charge is 2.33. The van der Waals surface area contributed by atoms with Crippen molar-refractivity contribution in [2.45, 2.75) is 45.2 Å². The van der Waals surface area contributed by atoms with Crippen molar-refractivity contribution in [2.75, 3.05) is 17.4 Å². The lowest BCUT2D eigenvalue weighted by Crippen LogP contribution is -2.51. The van der Waals surface area contributed by atoms with Crippen molar-refractivity contribution in [3.63, 3.8) is 0 Å². The lowest BCUT2D eigenvalue weighted by atomic mass is 10.1. The number of nitrogens with zero attached hydrogens (tertiary/aromatic N) is 2. The molecular weight excluding hydrogens is 628 g/mol. The zero-order chi connectivity index (χ0) is 30.5. The van der Waals surface area contributed by atoms with Gasteiger partial charge in [0.2, 0.25) is 11.8 Å². The first kappa shape index (κ1) is 33.0. The first-order chi connectivity index (χ1) is 19.2. The Hall–Kier alpha value is -2.49. The highest BCUT2D eigenvalue weighted by molar-refractivity contribution is 7.92. The van der Waals surface area contributed by atoms with Crippen LogP contribution in [0.15, 0.2) is 65.6 Å². The van der Waals surface area contributed by atoms with Gasteiger partial charge < -0.3 is 10.2 Å². The molecule has 0 aliphatic heterocycles. The SMILES string of the molecule is Cc1ccc(S(=O)(=O)N(CC(=O)N(Cc2ccc(Cl)c(Cl)c2)[C@H](C)C(=O)NCC(C)C)c2cc(Cl)ccc2Cl)cc1. The number of amides is 2. The lowest BCUT2D eigenvalue weighted by molar-refractivity contribution is -0.139. The Morgan fingerprint density at radius 3 is 2.10 bits per heavy atom. The number of carbonyl (C=O) groups is 2. The summed E-state index contributed by atoms with van der Waals surface area (Å²) in [5, 5.41) is 3.76. The van der Waals surface area contributed by atoms with E-state index in [1.54, 1.807) is 37.3 Å². The number of hydrogen-bond acceptors (Lipinski definition) is 4. The van der Waals surface area contributed by atoms with Crippen molar-refractivity contribution in [1.82, 2.24) is 10.2 Å². The van der Waals surface area contributed by atoms with Gasteiger partial charge >= 0.3 is 0 Å². The molecule has 12 heteroatoms. The van der Waals surface area contributed by atoms with Crippen LogP contribution in [0.5, 0.6) is 0 Å². The number of sulfonamides is 1. The molecule has 3 aromatic rings. The third kappa shape index (κ3) is 8.52. The van der Waals surface area contributed by atoms with Gasteiger partial charge in [-0.25, -0.2) is 8.42 Å². The number of aryl methyl sites for hydroxylation is 1. The van der Waals surface area contributed by atoms with E-state index in [1.807, 2.05) is 20.8 Å². The summed E-state index contributed by atoms with van der Waals surface area (Å²) in [5.41, 5.74) is 1.49. The molecular formula is C29H31Cl4N3O4S. The zero-order valence-corrected chi connectivity index (χ0v) is 26.8. The molecule has 3 rings (SSSR count). The first-order valence-corrected chi connectivity index (χ1v) is 15.7. The molecule has 0 aromatic heterocycles. The van der Waals surface area contributed by atoms with Crippen molar-refractivity contribution in [1.29, 1.82) is 0 Å². The van der Waals surface area contributed by atoms with E-state index in [1.165, 1.54) is 35.2 Å². The van der Waals surface area contributed by atoms with Gasteiger partial charge in [-0.15, -0.1) is 0 Å². The van der Waals surface area contributed by atoms with Gasteiger partial charge in [0.25, 0.3) is 10.0 Å². The van der Waals surface area contributed by atoms with Crippen molar-refractivity contribution in [3.8, 4) is 0 Å². The van der Waals surface area contributed by atoms with E-state index in [2.05, 4.69) is 5.32 Å². The number of carbonyl (C=O) groups excluding carboxylic acids is 2. The maximum atomic E-state index is 14.0. The van der Waals surface area contributed by atoms with Crippen LogP contribution in [0.25, 0.3) is 0 Å². The number of rotatable bonds is 11. The molecule has 1 atom stereocenters. The predicted octanol–water partition coefficient (Wildman–Crippen LogP) is 6.99. The van der Waals surface area contributed by atoms with Gasteiger partial charge in [0, 0.05) is 18.1 Å². The van der Waals surface area contributed by atoms with Gasteiger partial charge in [-0.1, -0.05) is 84.0 Å². The summed E-state index contributed by atoms with van der Waals surface area (Å²) < 4.78 is 28.8. The van der Waals surface area contributed by atoms with Crippen LogP contribution in [-0.2, 0) is 26.2 Å². The predicted molar refractivity (Wildman–Crippen MR) is 166 cm³/mol. The highest BCUT2D eigenvalue weighted by Crippen LogP contribution is 2.33. The molecule has 0 unspecified atom stereocenters. The average Bonchev–Trinajstić information content (AvgIpc) is 2.92. The molecule has 0 aliphatic rings. The van der Waals surface area contributed by atoms with Crippen LogP contribution in [0.1, 0.15) is 31.9 Å². The van der Waals surface area contributed by atoms with Crippen molar-refractivity contribution in [3.05, 3.63) is 91.9 Å². The van der Waals surface area contributed by atoms with Crippen LogP contribution in [0.2, 0.25) is 20.1 Å². The highest BCUT2D eigenvalue weighted by atomic mass is 35.5. The molecule has 2 amide bonds. The summed E-state index contributed by atoms with van der Waals surface area (Å²) >= 11 is 24.9. The third-order valence-corrected chi connectivity index (χ3v) is 9.32. The van der Waals surface area contributed by atoms with Crippen LogP contribution < -0.4 is 9.62 Å². The molecule has 0 bridgehead atoms. The third-order valence-electron chi connectivity index (χ3n) is 6.25. The molecule has 0 heterocycles. The Balaban J connectivity index is 2.07.